The zero-order chi connectivity index (χ0) is 15.1. The number of rotatable bonds is 2. The molecule has 1 aromatic carbocycles. The van der Waals surface area contributed by atoms with E-state index in [1.165, 1.54) is 11.3 Å². The van der Waals surface area contributed by atoms with Gasteiger partial charge < -0.3 is 4.42 Å². The Hall–Kier alpha value is -1.56. The molecule has 0 spiro atoms. The topological polar surface area (TPSA) is 55.1 Å². The molecule has 2 aromatic heterocycles. The molecule has 0 bridgehead atoms. The number of hydrogen-bond acceptors (Lipinski definition) is 4. The number of anilines is 1. The van der Waals surface area contributed by atoms with Crippen LogP contribution >= 0.6 is 34.5 Å². The molecule has 2 heterocycles. The highest BCUT2D eigenvalue weighted by atomic mass is 35.5. The minimum Gasteiger partial charge on any atom is -0.466 e. The molecular formula is C14H10Cl2N2O2S. The summed E-state index contributed by atoms with van der Waals surface area (Å²) < 4.78 is 6.10. The van der Waals surface area contributed by atoms with Gasteiger partial charge in [-0.1, -0.05) is 34.5 Å². The van der Waals surface area contributed by atoms with Crippen LogP contribution in [0.2, 0.25) is 10.0 Å². The largest absolute Gasteiger partial charge is 0.466 e. The summed E-state index contributed by atoms with van der Waals surface area (Å²) >= 11 is 13.5. The highest BCUT2D eigenvalue weighted by Gasteiger charge is 2.17. The van der Waals surface area contributed by atoms with Crippen LogP contribution in [0.1, 0.15) is 21.9 Å². The van der Waals surface area contributed by atoms with Gasteiger partial charge in [0.1, 0.15) is 17.0 Å². The summed E-state index contributed by atoms with van der Waals surface area (Å²) in [5.41, 5.74) is 1.08. The second-order valence-corrected chi connectivity index (χ2v) is 6.32. The second kappa shape index (κ2) is 5.33. The monoisotopic (exact) mass is 340 g/mol. The van der Waals surface area contributed by atoms with Gasteiger partial charge in [-0.05, 0) is 32.0 Å². The number of fused-ring (bicyclic) bond motifs is 1. The Morgan fingerprint density at radius 3 is 2.62 bits per heavy atom. The van der Waals surface area contributed by atoms with E-state index in [2.05, 4.69) is 10.3 Å². The van der Waals surface area contributed by atoms with Crippen molar-refractivity contribution in [1.82, 2.24) is 4.98 Å². The number of aryl methyl sites for hydroxylation is 2. The van der Waals surface area contributed by atoms with E-state index >= 15 is 0 Å². The van der Waals surface area contributed by atoms with E-state index in [-0.39, 0.29) is 5.91 Å². The highest BCUT2D eigenvalue weighted by molar-refractivity contribution is 7.23. The Morgan fingerprint density at radius 1 is 1.29 bits per heavy atom. The zero-order valence-electron chi connectivity index (χ0n) is 11.2. The summed E-state index contributed by atoms with van der Waals surface area (Å²) in [5, 5.41) is 4.25. The van der Waals surface area contributed by atoms with E-state index in [4.69, 9.17) is 27.6 Å². The maximum atomic E-state index is 12.2. The number of carbonyl (C=O) groups excluding carboxylic acids is 1. The van der Waals surface area contributed by atoms with Gasteiger partial charge in [0.15, 0.2) is 5.13 Å². The van der Waals surface area contributed by atoms with Gasteiger partial charge in [-0.25, -0.2) is 4.98 Å². The van der Waals surface area contributed by atoms with Crippen molar-refractivity contribution >= 4 is 55.8 Å². The fourth-order valence-electron chi connectivity index (χ4n) is 2.02. The summed E-state index contributed by atoms with van der Waals surface area (Å²) in [4.78, 5) is 16.5. The lowest BCUT2D eigenvalue weighted by molar-refractivity contribution is 0.102. The number of furan rings is 1. The van der Waals surface area contributed by atoms with Crippen LogP contribution in [0.3, 0.4) is 0 Å². The first kappa shape index (κ1) is 14.4. The molecule has 3 rings (SSSR count). The standard InChI is InChI=1S/C14H10Cl2N2O2S/c1-6-5-8(7(2)20-6)13(19)18-14-17-11-9(15)3-4-10(16)12(11)21-14/h3-5H,1-2H3,(H,17,18,19). The van der Waals surface area contributed by atoms with Crippen LogP contribution in [-0.4, -0.2) is 10.9 Å². The van der Waals surface area contributed by atoms with Gasteiger partial charge in [-0.3, -0.25) is 10.1 Å². The van der Waals surface area contributed by atoms with Gasteiger partial charge in [0.2, 0.25) is 0 Å². The Kier molecular flexibility index (Phi) is 3.65. The van der Waals surface area contributed by atoms with E-state index < -0.39 is 0 Å². The third-order valence-electron chi connectivity index (χ3n) is 2.95. The van der Waals surface area contributed by atoms with Gasteiger partial charge >= 0.3 is 0 Å². The Labute approximate surface area is 134 Å². The minimum absolute atomic E-state index is 0.268. The first-order chi connectivity index (χ1) is 9.95. The molecular weight excluding hydrogens is 331 g/mol. The number of hydrogen-bond donors (Lipinski definition) is 1. The third kappa shape index (κ3) is 2.64. The van der Waals surface area contributed by atoms with Crippen molar-refractivity contribution in [1.29, 1.82) is 0 Å². The number of carbonyl (C=O) groups is 1. The Bertz CT molecular complexity index is 815. The summed E-state index contributed by atoms with van der Waals surface area (Å²) in [6.45, 7) is 3.54. The van der Waals surface area contributed by atoms with Crippen molar-refractivity contribution in [2.45, 2.75) is 13.8 Å². The lowest BCUT2D eigenvalue weighted by Crippen LogP contribution is -2.11. The third-order valence-corrected chi connectivity index (χ3v) is 4.69. The SMILES string of the molecule is Cc1cc(C(=O)Nc2nc3c(Cl)ccc(Cl)c3s2)c(C)o1. The number of aromatic nitrogens is 1. The second-order valence-electron chi connectivity index (χ2n) is 4.51. The van der Waals surface area contributed by atoms with Gasteiger partial charge in [0.05, 0.1) is 20.3 Å². The van der Waals surface area contributed by atoms with Crippen molar-refractivity contribution in [3.63, 3.8) is 0 Å². The van der Waals surface area contributed by atoms with Crippen LogP contribution in [0, 0.1) is 13.8 Å². The van der Waals surface area contributed by atoms with Crippen LogP contribution in [0.15, 0.2) is 22.6 Å². The minimum atomic E-state index is -0.268. The predicted octanol–water partition coefficient (Wildman–Crippen LogP) is 5.07. The van der Waals surface area contributed by atoms with E-state index in [0.29, 0.717) is 37.8 Å². The molecule has 3 aromatic rings. The number of amides is 1. The molecule has 1 N–H and O–H groups in total. The number of halogens is 2. The molecule has 1 amide bonds. The number of thiazole rings is 1. The maximum Gasteiger partial charge on any atom is 0.260 e. The summed E-state index contributed by atoms with van der Waals surface area (Å²) in [7, 11) is 0. The fourth-order valence-corrected chi connectivity index (χ4v) is 3.43. The van der Waals surface area contributed by atoms with Crippen molar-refractivity contribution in [2.75, 3.05) is 5.32 Å². The van der Waals surface area contributed by atoms with Crippen LogP contribution < -0.4 is 5.32 Å². The molecule has 7 heteroatoms. The Morgan fingerprint density at radius 2 is 2.00 bits per heavy atom. The molecule has 0 saturated heterocycles. The van der Waals surface area contributed by atoms with E-state index in [1.807, 2.05) is 0 Å². The average molecular weight is 341 g/mol. The van der Waals surface area contributed by atoms with Gasteiger partial charge in [0, 0.05) is 0 Å². The molecule has 0 radical (unpaired) electrons. The van der Waals surface area contributed by atoms with Crippen molar-refractivity contribution in [3.05, 3.63) is 45.3 Å². The predicted molar refractivity (Wildman–Crippen MR) is 85.8 cm³/mol. The van der Waals surface area contributed by atoms with E-state index in [0.717, 1.165) is 4.70 Å². The molecule has 0 saturated carbocycles. The van der Waals surface area contributed by atoms with Gasteiger partial charge in [-0.15, -0.1) is 0 Å². The Balaban J connectivity index is 1.95. The first-order valence-electron chi connectivity index (χ1n) is 6.08. The molecule has 4 nitrogen and oxygen atoms in total. The summed E-state index contributed by atoms with van der Waals surface area (Å²) in [6.07, 6.45) is 0. The molecule has 0 atom stereocenters. The fraction of sp³-hybridized carbons (Fsp3) is 0.143. The molecule has 0 unspecified atom stereocenters. The van der Waals surface area contributed by atoms with Crippen molar-refractivity contribution < 1.29 is 9.21 Å². The van der Waals surface area contributed by atoms with Crippen LogP contribution in [-0.2, 0) is 0 Å². The zero-order valence-corrected chi connectivity index (χ0v) is 13.5. The molecule has 0 aliphatic rings. The molecule has 0 aliphatic carbocycles. The average Bonchev–Trinajstić information content (AvgIpc) is 2.98. The van der Waals surface area contributed by atoms with Crippen molar-refractivity contribution in [3.8, 4) is 0 Å². The number of nitrogens with one attached hydrogen (secondary N) is 1. The number of benzene rings is 1. The van der Waals surface area contributed by atoms with Gasteiger partial charge in [0.25, 0.3) is 5.91 Å². The lowest BCUT2D eigenvalue weighted by atomic mass is 10.2. The molecule has 21 heavy (non-hydrogen) atoms. The summed E-state index contributed by atoms with van der Waals surface area (Å²) in [6, 6.07) is 5.08. The van der Waals surface area contributed by atoms with Gasteiger partial charge in [-0.2, -0.15) is 0 Å². The molecule has 0 fully saturated rings. The normalized spacial score (nSPS) is 11.0. The molecule has 0 aliphatic heterocycles. The highest BCUT2D eigenvalue weighted by Crippen LogP contribution is 2.36. The van der Waals surface area contributed by atoms with Crippen LogP contribution in [0.4, 0.5) is 5.13 Å². The first-order valence-corrected chi connectivity index (χ1v) is 7.66. The quantitative estimate of drug-likeness (QED) is 0.708. The summed E-state index contributed by atoms with van der Waals surface area (Å²) in [5.74, 6) is 0.992. The smallest absolute Gasteiger partial charge is 0.260 e. The van der Waals surface area contributed by atoms with E-state index in [1.54, 1.807) is 32.0 Å². The van der Waals surface area contributed by atoms with E-state index in [9.17, 15) is 4.79 Å². The molecule has 108 valence electrons. The number of nitrogens with zero attached hydrogens (tertiary/aromatic N) is 1. The van der Waals surface area contributed by atoms with Crippen LogP contribution in [0.25, 0.3) is 10.2 Å². The van der Waals surface area contributed by atoms with Crippen LogP contribution in [0.5, 0.6) is 0 Å². The van der Waals surface area contributed by atoms with Crippen molar-refractivity contribution in [2.24, 2.45) is 0 Å². The maximum absolute atomic E-state index is 12.2. The lowest BCUT2D eigenvalue weighted by Gasteiger charge is -1.98.